The summed E-state index contributed by atoms with van der Waals surface area (Å²) in [6.45, 7) is 1.89. The number of hydrogen-bond donors (Lipinski definition) is 0. The molecule has 2 aromatic rings. The lowest BCUT2D eigenvalue weighted by atomic mass is 9.96. The molecule has 5 heteroatoms. The molecule has 0 aliphatic rings. The molecule has 2 rings (SSSR count). The molecule has 0 fully saturated rings. The Morgan fingerprint density at radius 2 is 1.85 bits per heavy atom. The molecule has 0 aliphatic heterocycles. The number of nitriles is 1. The molecule has 20 heavy (non-hydrogen) atoms. The number of methoxy groups -OCH3 is 2. The van der Waals surface area contributed by atoms with Crippen LogP contribution < -0.4 is 9.47 Å². The minimum atomic E-state index is -0.573. The van der Waals surface area contributed by atoms with Gasteiger partial charge in [0.15, 0.2) is 0 Å². The van der Waals surface area contributed by atoms with Gasteiger partial charge in [-0.05, 0) is 25.1 Å². The topological polar surface area (TPSA) is 68.0 Å². The van der Waals surface area contributed by atoms with Crippen LogP contribution in [0.3, 0.4) is 0 Å². The second-order valence-electron chi connectivity index (χ2n) is 4.18. The van der Waals surface area contributed by atoms with Crippen LogP contribution >= 0.6 is 0 Å². The number of aromatic nitrogens is 2. The van der Waals surface area contributed by atoms with Gasteiger partial charge in [0.25, 0.3) is 0 Å². The van der Waals surface area contributed by atoms with E-state index >= 15 is 0 Å². The van der Waals surface area contributed by atoms with E-state index in [0.29, 0.717) is 11.6 Å². The molecule has 0 saturated carbocycles. The van der Waals surface area contributed by atoms with Crippen LogP contribution in [0.15, 0.2) is 30.6 Å². The largest absolute Gasteiger partial charge is 0.496 e. The molecule has 0 spiro atoms. The highest BCUT2D eigenvalue weighted by molar-refractivity contribution is 5.53. The van der Waals surface area contributed by atoms with Gasteiger partial charge in [-0.15, -0.1) is 0 Å². The van der Waals surface area contributed by atoms with Crippen molar-refractivity contribution in [1.29, 1.82) is 5.26 Å². The number of nitrogens with zero attached hydrogens (tertiary/aromatic N) is 3. The Hall–Kier alpha value is -2.61. The van der Waals surface area contributed by atoms with Gasteiger partial charge in [-0.3, -0.25) is 0 Å². The number of benzene rings is 1. The van der Waals surface area contributed by atoms with Gasteiger partial charge in [0.2, 0.25) is 0 Å². The van der Waals surface area contributed by atoms with Crippen LogP contribution in [0.5, 0.6) is 11.5 Å². The van der Waals surface area contributed by atoms with E-state index in [1.165, 1.54) is 0 Å². The maximum Gasteiger partial charge on any atom is 0.149 e. The van der Waals surface area contributed by atoms with Gasteiger partial charge in [-0.25, -0.2) is 9.97 Å². The van der Waals surface area contributed by atoms with Crippen molar-refractivity contribution >= 4 is 0 Å². The number of ether oxygens (including phenoxy) is 2. The molecule has 1 heterocycles. The Balaban J connectivity index is 2.57. The van der Waals surface area contributed by atoms with Gasteiger partial charge in [-0.1, -0.05) is 0 Å². The quantitative estimate of drug-likeness (QED) is 0.852. The maximum atomic E-state index is 9.45. The fourth-order valence-electron chi connectivity index (χ4n) is 2.14. The Bertz CT molecular complexity index is 636. The molecule has 1 aromatic heterocycles. The van der Waals surface area contributed by atoms with E-state index in [1.807, 2.05) is 19.1 Å². The summed E-state index contributed by atoms with van der Waals surface area (Å²) in [4.78, 5) is 8.31. The Morgan fingerprint density at radius 1 is 1.15 bits per heavy atom. The van der Waals surface area contributed by atoms with E-state index in [-0.39, 0.29) is 0 Å². The van der Waals surface area contributed by atoms with Gasteiger partial charge in [0, 0.05) is 23.5 Å². The fourth-order valence-corrected chi connectivity index (χ4v) is 2.14. The van der Waals surface area contributed by atoms with Crippen molar-refractivity contribution in [3.8, 4) is 17.6 Å². The normalized spacial score (nSPS) is 11.5. The molecule has 0 bridgehead atoms. The first-order valence-electron chi connectivity index (χ1n) is 6.11. The molecule has 0 aliphatic carbocycles. The van der Waals surface area contributed by atoms with Gasteiger partial charge >= 0.3 is 0 Å². The lowest BCUT2D eigenvalue weighted by Gasteiger charge is -2.16. The smallest absolute Gasteiger partial charge is 0.149 e. The van der Waals surface area contributed by atoms with Gasteiger partial charge in [0.05, 0.1) is 20.3 Å². The molecule has 5 nitrogen and oxygen atoms in total. The summed E-state index contributed by atoms with van der Waals surface area (Å²) in [6.07, 6.45) is 3.24. The van der Waals surface area contributed by atoms with Gasteiger partial charge in [-0.2, -0.15) is 5.26 Å². The highest BCUT2D eigenvalue weighted by atomic mass is 16.5. The summed E-state index contributed by atoms with van der Waals surface area (Å²) in [5, 5.41) is 9.45. The van der Waals surface area contributed by atoms with Crippen LogP contribution in [0, 0.1) is 18.3 Å². The summed E-state index contributed by atoms with van der Waals surface area (Å²) in [7, 11) is 3.18. The molecular formula is C15H15N3O2. The van der Waals surface area contributed by atoms with Crippen molar-refractivity contribution in [2.24, 2.45) is 0 Å². The molecular weight excluding hydrogens is 254 g/mol. The van der Waals surface area contributed by atoms with E-state index in [0.717, 1.165) is 16.9 Å². The fraction of sp³-hybridized carbons (Fsp3) is 0.267. The van der Waals surface area contributed by atoms with Crippen LogP contribution in [0.2, 0.25) is 0 Å². The first-order valence-corrected chi connectivity index (χ1v) is 6.11. The molecule has 102 valence electrons. The van der Waals surface area contributed by atoms with E-state index < -0.39 is 5.92 Å². The average molecular weight is 269 g/mol. The van der Waals surface area contributed by atoms with Crippen molar-refractivity contribution in [2.75, 3.05) is 14.2 Å². The number of hydrogen-bond acceptors (Lipinski definition) is 5. The predicted molar refractivity (Wildman–Crippen MR) is 73.8 cm³/mol. The van der Waals surface area contributed by atoms with Crippen molar-refractivity contribution in [1.82, 2.24) is 9.97 Å². The van der Waals surface area contributed by atoms with E-state index in [1.54, 1.807) is 32.7 Å². The SMILES string of the molecule is COc1ccc(C(C#N)c2ncccn2)c(OC)c1C. The second-order valence-corrected chi connectivity index (χ2v) is 4.18. The third kappa shape index (κ3) is 2.41. The standard InChI is InChI=1S/C15H15N3O2/c1-10-13(19-2)6-5-11(14(10)20-3)12(9-16)15-17-7-4-8-18-15/h4-8,12H,1-3H3. The summed E-state index contributed by atoms with van der Waals surface area (Å²) in [5.41, 5.74) is 1.59. The molecule has 0 N–H and O–H groups in total. The van der Waals surface area contributed by atoms with Crippen LogP contribution in [0.1, 0.15) is 22.9 Å². The van der Waals surface area contributed by atoms with Crippen LogP contribution in [0.4, 0.5) is 0 Å². The zero-order valence-corrected chi connectivity index (χ0v) is 11.6. The van der Waals surface area contributed by atoms with E-state index in [9.17, 15) is 5.26 Å². The van der Waals surface area contributed by atoms with Crippen LogP contribution in [-0.2, 0) is 0 Å². The van der Waals surface area contributed by atoms with Crippen molar-refractivity contribution in [3.05, 3.63) is 47.5 Å². The highest BCUT2D eigenvalue weighted by Gasteiger charge is 2.22. The third-order valence-corrected chi connectivity index (χ3v) is 3.09. The predicted octanol–water partition coefficient (Wildman–Crippen LogP) is 2.46. The molecule has 0 saturated heterocycles. The van der Waals surface area contributed by atoms with Crippen LogP contribution in [-0.4, -0.2) is 24.2 Å². The summed E-state index contributed by atoms with van der Waals surface area (Å²) in [6, 6.07) is 7.58. The maximum absolute atomic E-state index is 9.45. The number of rotatable bonds is 4. The molecule has 1 atom stereocenters. The second kappa shape index (κ2) is 6.02. The van der Waals surface area contributed by atoms with Gasteiger partial charge < -0.3 is 9.47 Å². The van der Waals surface area contributed by atoms with E-state index in [2.05, 4.69) is 16.0 Å². The molecule has 0 amide bonds. The van der Waals surface area contributed by atoms with Crippen molar-refractivity contribution in [3.63, 3.8) is 0 Å². The Morgan fingerprint density at radius 3 is 2.40 bits per heavy atom. The van der Waals surface area contributed by atoms with Gasteiger partial charge in [0.1, 0.15) is 23.2 Å². The minimum Gasteiger partial charge on any atom is -0.496 e. The zero-order chi connectivity index (χ0) is 14.5. The summed E-state index contributed by atoms with van der Waals surface area (Å²) < 4.78 is 10.7. The minimum absolute atomic E-state index is 0.456. The summed E-state index contributed by atoms with van der Waals surface area (Å²) in [5.74, 6) is 1.23. The first-order chi connectivity index (χ1) is 9.72. The highest BCUT2D eigenvalue weighted by Crippen LogP contribution is 2.36. The monoisotopic (exact) mass is 269 g/mol. The Kier molecular flexibility index (Phi) is 4.16. The average Bonchev–Trinajstić information content (AvgIpc) is 2.49. The lowest BCUT2D eigenvalue weighted by molar-refractivity contribution is 0.385. The lowest BCUT2D eigenvalue weighted by Crippen LogP contribution is -2.07. The molecule has 0 radical (unpaired) electrons. The Labute approximate surface area is 117 Å². The van der Waals surface area contributed by atoms with Crippen molar-refractivity contribution < 1.29 is 9.47 Å². The zero-order valence-electron chi connectivity index (χ0n) is 11.6. The van der Waals surface area contributed by atoms with E-state index in [4.69, 9.17) is 9.47 Å². The first kappa shape index (κ1) is 13.8. The third-order valence-electron chi connectivity index (χ3n) is 3.09. The molecule has 1 aromatic carbocycles. The van der Waals surface area contributed by atoms with Crippen molar-refractivity contribution in [2.45, 2.75) is 12.8 Å². The van der Waals surface area contributed by atoms with Crippen LogP contribution in [0.25, 0.3) is 0 Å². The molecule has 1 unspecified atom stereocenters. The summed E-state index contributed by atoms with van der Waals surface area (Å²) >= 11 is 0.